The van der Waals surface area contributed by atoms with Gasteiger partial charge in [0.05, 0.1) is 0 Å². The molecule has 2 amide bonds. The molecule has 1 saturated carbocycles. The van der Waals surface area contributed by atoms with Crippen LogP contribution in [0.15, 0.2) is 0 Å². The minimum atomic E-state index is -0.595. The molecule has 114 valence electrons. The minimum Gasteiger partial charge on any atom is -0.342 e. The molecule has 1 spiro atoms. The smallest absolute Gasteiger partial charge is 0.248 e. The van der Waals surface area contributed by atoms with Gasteiger partial charge in [-0.2, -0.15) is 0 Å². The van der Waals surface area contributed by atoms with Crippen LogP contribution >= 0.6 is 0 Å². The Kier molecular flexibility index (Phi) is 4.71. The Hall–Kier alpha value is -1.06. The van der Waals surface area contributed by atoms with Crippen molar-refractivity contribution in [1.82, 2.24) is 10.2 Å². The van der Waals surface area contributed by atoms with Crippen molar-refractivity contribution < 1.29 is 9.59 Å². The zero-order chi connectivity index (χ0) is 14.8. The predicted molar refractivity (Wildman–Crippen MR) is 79.2 cm³/mol. The van der Waals surface area contributed by atoms with Crippen molar-refractivity contribution in [3.05, 3.63) is 0 Å². The van der Waals surface area contributed by atoms with E-state index in [0.29, 0.717) is 24.8 Å². The van der Waals surface area contributed by atoms with E-state index in [2.05, 4.69) is 26.1 Å². The molecule has 1 N–H and O–H groups in total. The molecule has 4 heteroatoms. The second-order valence-corrected chi connectivity index (χ2v) is 6.91. The normalized spacial score (nSPS) is 24.7. The second kappa shape index (κ2) is 6.15. The van der Waals surface area contributed by atoms with Crippen LogP contribution in [0.1, 0.15) is 59.3 Å². The fourth-order valence-corrected chi connectivity index (χ4v) is 3.25. The standard InChI is InChI=1S/C16H28N2O2/c1-12(2)13(3)11-18-10-7-14(19)17-16(15(18)20)8-5-4-6-9-16/h12-13H,4-11H2,1-3H3,(H,17,19). The number of nitrogens with zero attached hydrogens (tertiary/aromatic N) is 1. The van der Waals surface area contributed by atoms with Crippen LogP contribution in [-0.2, 0) is 9.59 Å². The summed E-state index contributed by atoms with van der Waals surface area (Å²) in [4.78, 5) is 26.9. The summed E-state index contributed by atoms with van der Waals surface area (Å²) < 4.78 is 0. The number of nitrogens with one attached hydrogen (secondary N) is 1. The minimum absolute atomic E-state index is 0.0416. The van der Waals surface area contributed by atoms with Crippen molar-refractivity contribution in [2.75, 3.05) is 13.1 Å². The van der Waals surface area contributed by atoms with E-state index in [1.807, 2.05) is 4.90 Å². The van der Waals surface area contributed by atoms with Crippen molar-refractivity contribution in [1.29, 1.82) is 0 Å². The second-order valence-electron chi connectivity index (χ2n) is 6.91. The number of carbonyl (C=O) groups is 2. The highest BCUT2D eigenvalue weighted by molar-refractivity contribution is 5.93. The Morgan fingerprint density at radius 3 is 2.40 bits per heavy atom. The van der Waals surface area contributed by atoms with Crippen LogP contribution in [0.25, 0.3) is 0 Å². The van der Waals surface area contributed by atoms with Gasteiger partial charge in [0.2, 0.25) is 11.8 Å². The van der Waals surface area contributed by atoms with Crippen LogP contribution in [0.2, 0.25) is 0 Å². The average molecular weight is 280 g/mol. The number of rotatable bonds is 3. The van der Waals surface area contributed by atoms with Gasteiger partial charge in [-0.3, -0.25) is 9.59 Å². The van der Waals surface area contributed by atoms with E-state index in [-0.39, 0.29) is 11.8 Å². The van der Waals surface area contributed by atoms with Crippen molar-refractivity contribution in [2.45, 2.75) is 64.8 Å². The predicted octanol–water partition coefficient (Wildman–Crippen LogP) is 2.33. The van der Waals surface area contributed by atoms with Crippen LogP contribution in [-0.4, -0.2) is 35.3 Å². The Labute approximate surface area is 122 Å². The van der Waals surface area contributed by atoms with Crippen molar-refractivity contribution in [2.24, 2.45) is 11.8 Å². The third kappa shape index (κ3) is 3.15. The van der Waals surface area contributed by atoms with Gasteiger partial charge in [0.1, 0.15) is 5.54 Å². The molecule has 0 aromatic heterocycles. The third-order valence-corrected chi connectivity index (χ3v) is 5.04. The van der Waals surface area contributed by atoms with Gasteiger partial charge in [-0.05, 0) is 24.7 Å². The molecule has 0 radical (unpaired) electrons. The van der Waals surface area contributed by atoms with E-state index in [0.717, 1.165) is 32.2 Å². The Balaban J connectivity index is 2.16. The third-order valence-electron chi connectivity index (χ3n) is 5.04. The van der Waals surface area contributed by atoms with E-state index >= 15 is 0 Å². The van der Waals surface area contributed by atoms with E-state index < -0.39 is 5.54 Å². The van der Waals surface area contributed by atoms with Gasteiger partial charge < -0.3 is 10.2 Å². The van der Waals surface area contributed by atoms with E-state index in [1.165, 1.54) is 6.42 Å². The van der Waals surface area contributed by atoms with Crippen molar-refractivity contribution in [3.63, 3.8) is 0 Å². The lowest BCUT2D eigenvalue weighted by atomic mass is 9.80. The molecular weight excluding hydrogens is 252 g/mol. The molecule has 1 saturated heterocycles. The van der Waals surface area contributed by atoms with Gasteiger partial charge in [0.25, 0.3) is 0 Å². The molecule has 1 aliphatic heterocycles. The molecule has 4 nitrogen and oxygen atoms in total. The molecule has 0 aromatic carbocycles. The molecule has 1 unspecified atom stereocenters. The molecule has 2 fully saturated rings. The van der Waals surface area contributed by atoms with E-state index in [9.17, 15) is 9.59 Å². The largest absolute Gasteiger partial charge is 0.342 e. The maximum Gasteiger partial charge on any atom is 0.248 e. The average Bonchev–Trinajstić information content (AvgIpc) is 2.52. The lowest BCUT2D eigenvalue weighted by Crippen LogP contribution is -2.58. The quantitative estimate of drug-likeness (QED) is 0.862. The summed E-state index contributed by atoms with van der Waals surface area (Å²) >= 11 is 0. The summed E-state index contributed by atoms with van der Waals surface area (Å²) in [5.74, 6) is 1.22. The number of hydrogen-bond donors (Lipinski definition) is 1. The van der Waals surface area contributed by atoms with Crippen molar-refractivity contribution >= 4 is 11.8 Å². The molecule has 20 heavy (non-hydrogen) atoms. The van der Waals surface area contributed by atoms with Crippen LogP contribution in [0.5, 0.6) is 0 Å². The zero-order valence-electron chi connectivity index (χ0n) is 13.1. The maximum absolute atomic E-state index is 12.9. The lowest BCUT2D eigenvalue weighted by molar-refractivity contribution is -0.141. The SMILES string of the molecule is CC(C)C(C)CN1CCC(=O)NC2(CCCCC2)C1=O. The highest BCUT2D eigenvalue weighted by Crippen LogP contribution is 2.32. The summed E-state index contributed by atoms with van der Waals surface area (Å²) in [6, 6.07) is 0. The lowest BCUT2D eigenvalue weighted by Gasteiger charge is -2.39. The van der Waals surface area contributed by atoms with Crippen LogP contribution in [0.3, 0.4) is 0 Å². The Morgan fingerprint density at radius 1 is 1.15 bits per heavy atom. The first-order chi connectivity index (χ1) is 9.44. The molecular formula is C16H28N2O2. The summed E-state index contributed by atoms with van der Waals surface area (Å²) in [7, 11) is 0. The highest BCUT2D eigenvalue weighted by Gasteiger charge is 2.45. The maximum atomic E-state index is 12.9. The van der Waals surface area contributed by atoms with Gasteiger partial charge >= 0.3 is 0 Å². The number of hydrogen-bond acceptors (Lipinski definition) is 2. The van der Waals surface area contributed by atoms with Crippen LogP contribution < -0.4 is 5.32 Å². The highest BCUT2D eigenvalue weighted by atomic mass is 16.2. The molecule has 0 aromatic rings. The molecule has 2 rings (SSSR count). The van der Waals surface area contributed by atoms with Gasteiger partial charge in [-0.15, -0.1) is 0 Å². The molecule has 0 bridgehead atoms. The molecule has 1 aliphatic carbocycles. The first-order valence-corrected chi connectivity index (χ1v) is 8.05. The van der Waals surface area contributed by atoms with Crippen LogP contribution in [0.4, 0.5) is 0 Å². The fraction of sp³-hybridized carbons (Fsp3) is 0.875. The van der Waals surface area contributed by atoms with Gasteiger partial charge in [-0.25, -0.2) is 0 Å². The summed E-state index contributed by atoms with van der Waals surface area (Å²) in [6.07, 6.45) is 5.32. The number of carbonyl (C=O) groups excluding carboxylic acids is 2. The van der Waals surface area contributed by atoms with E-state index in [4.69, 9.17) is 0 Å². The number of amides is 2. The molecule has 1 atom stereocenters. The topological polar surface area (TPSA) is 49.4 Å². The van der Waals surface area contributed by atoms with Gasteiger partial charge in [0, 0.05) is 19.5 Å². The van der Waals surface area contributed by atoms with Gasteiger partial charge in [0.15, 0.2) is 0 Å². The van der Waals surface area contributed by atoms with Gasteiger partial charge in [-0.1, -0.05) is 40.0 Å². The molecule has 1 heterocycles. The van der Waals surface area contributed by atoms with Crippen LogP contribution in [0, 0.1) is 11.8 Å². The Bertz CT molecular complexity index is 373. The Morgan fingerprint density at radius 2 is 1.80 bits per heavy atom. The fourth-order valence-electron chi connectivity index (χ4n) is 3.25. The zero-order valence-corrected chi connectivity index (χ0v) is 13.1. The van der Waals surface area contributed by atoms with E-state index in [1.54, 1.807) is 0 Å². The first kappa shape index (κ1) is 15.3. The monoisotopic (exact) mass is 280 g/mol. The summed E-state index contributed by atoms with van der Waals surface area (Å²) in [5.41, 5.74) is -0.595. The summed E-state index contributed by atoms with van der Waals surface area (Å²) in [6.45, 7) is 7.90. The van der Waals surface area contributed by atoms with Crippen molar-refractivity contribution in [3.8, 4) is 0 Å². The first-order valence-electron chi connectivity index (χ1n) is 8.05. The summed E-state index contributed by atoms with van der Waals surface area (Å²) in [5, 5.41) is 3.05. The molecule has 2 aliphatic rings.